The number of para-hydroxylation sites is 1. The lowest BCUT2D eigenvalue weighted by molar-refractivity contribution is 0.318. The van der Waals surface area contributed by atoms with Crippen LogP contribution in [0.4, 0.5) is 0 Å². The summed E-state index contributed by atoms with van der Waals surface area (Å²) in [4.78, 5) is 0. The van der Waals surface area contributed by atoms with E-state index < -0.39 is 0 Å². The van der Waals surface area contributed by atoms with Gasteiger partial charge in [0.1, 0.15) is 5.75 Å². The highest BCUT2D eigenvalue weighted by molar-refractivity contribution is 5.40. The van der Waals surface area contributed by atoms with Gasteiger partial charge in [-0.3, -0.25) is 0 Å². The Bertz CT molecular complexity index is 283. The molecular formula is C10H13NO. The summed E-state index contributed by atoms with van der Waals surface area (Å²) in [6.45, 7) is 2.76. The minimum Gasteiger partial charge on any atom is -0.493 e. The summed E-state index contributed by atoms with van der Waals surface area (Å²) in [5.74, 6) is 1.38. The first-order chi connectivity index (χ1) is 5.79. The molecule has 0 unspecified atom stereocenters. The highest BCUT2D eigenvalue weighted by atomic mass is 16.5. The van der Waals surface area contributed by atoms with Gasteiger partial charge in [0.2, 0.25) is 0 Å². The lowest BCUT2D eigenvalue weighted by Gasteiger charge is -2.11. The van der Waals surface area contributed by atoms with Crippen molar-refractivity contribution in [3.05, 3.63) is 29.8 Å². The van der Waals surface area contributed by atoms with Crippen molar-refractivity contribution in [3.63, 3.8) is 0 Å². The summed E-state index contributed by atoms with van der Waals surface area (Å²) in [6, 6.07) is 8.29. The molecule has 2 rings (SSSR count). The fourth-order valence-corrected chi connectivity index (χ4v) is 1.62. The molecule has 1 aromatic rings. The molecule has 1 aromatic carbocycles. The van der Waals surface area contributed by atoms with Gasteiger partial charge >= 0.3 is 0 Å². The Morgan fingerprint density at radius 3 is 3.00 bits per heavy atom. The van der Waals surface area contributed by atoms with E-state index in [0.717, 1.165) is 12.4 Å². The third-order valence-electron chi connectivity index (χ3n) is 2.37. The number of rotatable bonds is 1. The zero-order valence-electron chi connectivity index (χ0n) is 7.16. The molecule has 0 bridgehead atoms. The van der Waals surface area contributed by atoms with E-state index in [-0.39, 0.29) is 6.04 Å². The average molecular weight is 163 g/mol. The number of hydrogen-bond donors (Lipinski definition) is 1. The second kappa shape index (κ2) is 2.79. The fourth-order valence-electron chi connectivity index (χ4n) is 1.62. The highest BCUT2D eigenvalue weighted by Gasteiger charge is 2.26. The van der Waals surface area contributed by atoms with Crippen LogP contribution in [0, 0.1) is 0 Å². The van der Waals surface area contributed by atoms with Crippen LogP contribution in [-0.4, -0.2) is 12.6 Å². The molecule has 2 atom stereocenters. The number of nitrogens with two attached hydrogens (primary N) is 1. The second-order valence-electron chi connectivity index (χ2n) is 3.31. The van der Waals surface area contributed by atoms with Crippen LogP contribution in [-0.2, 0) is 0 Å². The summed E-state index contributed by atoms with van der Waals surface area (Å²) in [6.07, 6.45) is 0. The molecule has 0 aliphatic carbocycles. The lowest BCUT2D eigenvalue weighted by atomic mass is 9.95. The topological polar surface area (TPSA) is 35.2 Å². The normalized spacial score (nSPS) is 23.0. The molecular weight excluding hydrogens is 150 g/mol. The molecule has 0 saturated carbocycles. The van der Waals surface area contributed by atoms with Crippen LogP contribution in [0.2, 0.25) is 0 Å². The zero-order valence-corrected chi connectivity index (χ0v) is 7.16. The Hall–Kier alpha value is -1.02. The monoisotopic (exact) mass is 163 g/mol. The molecule has 0 amide bonds. The van der Waals surface area contributed by atoms with Crippen LogP contribution in [0.15, 0.2) is 24.3 Å². The van der Waals surface area contributed by atoms with Crippen molar-refractivity contribution >= 4 is 0 Å². The van der Waals surface area contributed by atoms with Crippen LogP contribution in [0.1, 0.15) is 18.4 Å². The van der Waals surface area contributed by atoms with Crippen molar-refractivity contribution in [3.8, 4) is 5.75 Å². The van der Waals surface area contributed by atoms with Crippen LogP contribution in [0.3, 0.4) is 0 Å². The number of fused-ring (bicyclic) bond motifs is 1. The molecule has 0 aromatic heterocycles. The molecule has 0 radical (unpaired) electrons. The maximum atomic E-state index is 5.83. The Kier molecular flexibility index (Phi) is 1.77. The SMILES string of the molecule is C[C@H](N)[C@H]1COc2ccccc21. The number of ether oxygens (including phenoxy) is 1. The number of hydrogen-bond acceptors (Lipinski definition) is 2. The zero-order chi connectivity index (χ0) is 8.55. The van der Waals surface area contributed by atoms with Crippen LogP contribution in [0.5, 0.6) is 5.75 Å². The third kappa shape index (κ3) is 1.08. The van der Waals surface area contributed by atoms with E-state index >= 15 is 0 Å². The Morgan fingerprint density at radius 2 is 2.25 bits per heavy atom. The Balaban J connectivity index is 2.36. The minimum absolute atomic E-state index is 0.175. The first-order valence-electron chi connectivity index (χ1n) is 4.26. The van der Waals surface area contributed by atoms with Crippen molar-refractivity contribution in [2.24, 2.45) is 5.73 Å². The van der Waals surface area contributed by atoms with Crippen LogP contribution in [0.25, 0.3) is 0 Å². The summed E-state index contributed by atoms with van der Waals surface area (Å²) in [5, 5.41) is 0. The maximum Gasteiger partial charge on any atom is 0.122 e. The maximum absolute atomic E-state index is 5.83. The van der Waals surface area contributed by atoms with E-state index in [4.69, 9.17) is 10.5 Å². The molecule has 0 fully saturated rings. The quantitative estimate of drug-likeness (QED) is 0.681. The number of benzene rings is 1. The van der Waals surface area contributed by atoms with Gasteiger partial charge in [-0.15, -0.1) is 0 Å². The molecule has 1 aliphatic rings. The summed E-state index contributed by atoms with van der Waals surface area (Å²) < 4.78 is 5.49. The molecule has 1 heterocycles. The van der Waals surface area contributed by atoms with Gasteiger partial charge in [-0.2, -0.15) is 0 Å². The Morgan fingerprint density at radius 1 is 1.50 bits per heavy atom. The van der Waals surface area contributed by atoms with Gasteiger partial charge in [0.05, 0.1) is 6.61 Å². The summed E-state index contributed by atoms with van der Waals surface area (Å²) >= 11 is 0. The first-order valence-corrected chi connectivity index (χ1v) is 4.26. The van der Waals surface area contributed by atoms with Crippen molar-refractivity contribution in [1.29, 1.82) is 0 Å². The van der Waals surface area contributed by atoms with E-state index in [2.05, 4.69) is 6.07 Å². The molecule has 0 spiro atoms. The average Bonchev–Trinajstić information content (AvgIpc) is 2.47. The van der Waals surface area contributed by atoms with Gasteiger partial charge in [-0.05, 0) is 13.0 Å². The van der Waals surface area contributed by atoms with Crippen molar-refractivity contribution < 1.29 is 4.74 Å². The predicted octanol–water partition coefficient (Wildman–Crippen LogP) is 1.51. The van der Waals surface area contributed by atoms with Crippen molar-refractivity contribution in [1.82, 2.24) is 0 Å². The molecule has 1 aliphatic heterocycles. The molecule has 64 valence electrons. The minimum atomic E-state index is 0.175. The third-order valence-corrected chi connectivity index (χ3v) is 2.37. The van der Waals surface area contributed by atoms with E-state index in [9.17, 15) is 0 Å². The van der Waals surface area contributed by atoms with Crippen molar-refractivity contribution in [2.75, 3.05) is 6.61 Å². The molecule has 0 saturated heterocycles. The standard InChI is InChI=1S/C10H13NO/c1-7(11)9-6-12-10-5-3-2-4-8(9)10/h2-5,7,9H,6,11H2,1H3/t7-,9+/m0/s1. The molecule has 2 heteroatoms. The van der Waals surface area contributed by atoms with Gasteiger partial charge in [-0.25, -0.2) is 0 Å². The van der Waals surface area contributed by atoms with Gasteiger partial charge < -0.3 is 10.5 Å². The highest BCUT2D eigenvalue weighted by Crippen LogP contribution is 2.34. The molecule has 2 N–H and O–H groups in total. The second-order valence-corrected chi connectivity index (χ2v) is 3.31. The largest absolute Gasteiger partial charge is 0.493 e. The van der Waals surface area contributed by atoms with Crippen molar-refractivity contribution in [2.45, 2.75) is 18.9 Å². The van der Waals surface area contributed by atoms with Gasteiger partial charge in [0.15, 0.2) is 0 Å². The van der Waals surface area contributed by atoms with E-state index in [1.165, 1.54) is 5.56 Å². The Labute approximate surface area is 72.3 Å². The predicted molar refractivity (Wildman–Crippen MR) is 48.3 cm³/mol. The van der Waals surface area contributed by atoms with Gasteiger partial charge in [0, 0.05) is 17.5 Å². The summed E-state index contributed by atoms with van der Waals surface area (Å²) in [5.41, 5.74) is 7.09. The lowest BCUT2D eigenvalue weighted by Crippen LogP contribution is -2.25. The van der Waals surface area contributed by atoms with E-state index in [0.29, 0.717) is 5.92 Å². The van der Waals surface area contributed by atoms with Gasteiger partial charge in [0.25, 0.3) is 0 Å². The molecule has 2 nitrogen and oxygen atoms in total. The van der Waals surface area contributed by atoms with E-state index in [1.807, 2.05) is 25.1 Å². The smallest absolute Gasteiger partial charge is 0.122 e. The van der Waals surface area contributed by atoms with Crippen LogP contribution < -0.4 is 10.5 Å². The molecule has 12 heavy (non-hydrogen) atoms. The van der Waals surface area contributed by atoms with E-state index in [1.54, 1.807) is 0 Å². The van der Waals surface area contributed by atoms with Gasteiger partial charge in [-0.1, -0.05) is 18.2 Å². The fraction of sp³-hybridized carbons (Fsp3) is 0.400. The van der Waals surface area contributed by atoms with Crippen LogP contribution >= 0.6 is 0 Å². The first kappa shape index (κ1) is 7.62. The summed E-state index contributed by atoms with van der Waals surface area (Å²) in [7, 11) is 0.